The molecule has 1 heterocycles. The van der Waals surface area contributed by atoms with Crippen LogP contribution < -0.4 is 21.1 Å². The predicted molar refractivity (Wildman–Crippen MR) is 111 cm³/mol. The van der Waals surface area contributed by atoms with Gasteiger partial charge in [-0.25, -0.2) is 0 Å². The van der Waals surface area contributed by atoms with E-state index in [0.29, 0.717) is 27.8 Å². The van der Waals surface area contributed by atoms with E-state index in [2.05, 4.69) is 17.6 Å². The van der Waals surface area contributed by atoms with Crippen LogP contribution in [0.25, 0.3) is 0 Å². The van der Waals surface area contributed by atoms with Crippen molar-refractivity contribution in [1.29, 1.82) is 0 Å². The van der Waals surface area contributed by atoms with Crippen molar-refractivity contribution in [1.82, 2.24) is 5.32 Å². The molecule has 1 aromatic carbocycles. The largest absolute Gasteiger partial charge is 0.496 e. The fraction of sp³-hybridized carbons (Fsp3) is 0.316. The van der Waals surface area contributed by atoms with Crippen LogP contribution in [0, 0.1) is 5.92 Å². The molecule has 0 spiro atoms. The maximum atomic E-state index is 12.5. The van der Waals surface area contributed by atoms with Crippen molar-refractivity contribution in [3.63, 3.8) is 0 Å². The maximum absolute atomic E-state index is 12.5. The van der Waals surface area contributed by atoms with E-state index in [1.807, 2.05) is 0 Å². The zero-order valence-corrected chi connectivity index (χ0v) is 16.8. The van der Waals surface area contributed by atoms with E-state index in [1.54, 1.807) is 24.3 Å². The number of nitrogens with two attached hydrogens (primary N) is 1. The first-order valence-electron chi connectivity index (χ1n) is 8.60. The van der Waals surface area contributed by atoms with Crippen LogP contribution in [0.4, 0.5) is 5.00 Å². The van der Waals surface area contributed by atoms with Gasteiger partial charge in [-0.3, -0.25) is 14.9 Å². The highest BCUT2D eigenvalue weighted by atomic mass is 32.1. The summed E-state index contributed by atoms with van der Waals surface area (Å²) < 4.78 is 5.20. The van der Waals surface area contributed by atoms with Gasteiger partial charge < -0.3 is 15.8 Å². The van der Waals surface area contributed by atoms with Crippen molar-refractivity contribution in [2.24, 2.45) is 11.7 Å². The van der Waals surface area contributed by atoms with Gasteiger partial charge in [-0.1, -0.05) is 19.1 Å². The van der Waals surface area contributed by atoms with Crippen LogP contribution >= 0.6 is 23.6 Å². The minimum Gasteiger partial charge on any atom is -0.496 e. The monoisotopic (exact) mass is 403 g/mol. The average Bonchev–Trinajstić information content (AvgIpc) is 2.98. The molecule has 142 valence electrons. The molecular formula is C19H21N3O3S2. The summed E-state index contributed by atoms with van der Waals surface area (Å²) in [4.78, 5) is 25.6. The second-order valence-electron chi connectivity index (χ2n) is 6.53. The molecule has 0 aliphatic heterocycles. The number of hydrogen-bond acceptors (Lipinski definition) is 5. The summed E-state index contributed by atoms with van der Waals surface area (Å²) in [6.07, 6.45) is 2.77. The van der Waals surface area contributed by atoms with Crippen molar-refractivity contribution in [2.45, 2.75) is 26.2 Å². The number of para-hydroxylation sites is 1. The number of benzene rings is 1. The molecule has 27 heavy (non-hydrogen) atoms. The Kier molecular flexibility index (Phi) is 5.76. The number of amides is 2. The summed E-state index contributed by atoms with van der Waals surface area (Å²) in [6.45, 7) is 2.19. The fourth-order valence-electron chi connectivity index (χ4n) is 3.24. The molecule has 1 atom stereocenters. The SMILES string of the molecule is COc1ccccc1C(=O)NC(=S)Nc1sc2c(c1C(N)=O)CC[C@@H](C)C2. The summed E-state index contributed by atoms with van der Waals surface area (Å²) in [7, 11) is 1.50. The Balaban J connectivity index is 1.78. The van der Waals surface area contributed by atoms with Gasteiger partial charge in [0.15, 0.2) is 5.11 Å². The van der Waals surface area contributed by atoms with Gasteiger partial charge >= 0.3 is 0 Å². The second-order valence-corrected chi connectivity index (χ2v) is 8.04. The lowest BCUT2D eigenvalue weighted by atomic mass is 9.88. The number of hydrogen-bond donors (Lipinski definition) is 3. The van der Waals surface area contributed by atoms with Gasteiger partial charge in [0.25, 0.3) is 11.8 Å². The number of anilines is 1. The van der Waals surface area contributed by atoms with Gasteiger partial charge in [0.05, 0.1) is 18.2 Å². The van der Waals surface area contributed by atoms with Crippen LogP contribution in [0.3, 0.4) is 0 Å². The molecule has 0 bridgehead atoms. The molecule has 2 aromatic rings. The number of carbonyl (C=O) groups excluding carboxylic acids is 2. The van der Waals surface area contributed by atoms with Crippen LogP contribution in [0.2, 0.25) is 0 Å². The van der Waals surface area contributed by atoms with Gasteiger partial charge in [0.2, 0.25) is 0 Å². The first-order chi connectivity index (χ1) is 12.9. The van der Waals surface area contributed by atoms with Crippen molar-refractivity contribution in [2.75, 3.05) is 12.4 Å². The standard InChI is InChI=1S/C19H21N3O3S2/c1-10-7-8-12-14(9-10)27-18(15(12)16(20)23)22-19(26)21-17(24)11-5-3-4-6-13(11)25-2/h3-6,10H,7-9H2,1-2H3,(H2,20,23)(H2,21,22,24,26)/t10-/m1/s1. The second kappa shape index (κ2) is 8.06. The van der Waals surface area contributed by atoms with E-state index in [-0.39, 0.29) is 11.0 Å². The summed E-state index contributed by atoms with van der Waals surface area (Å²) in [5.41, 5.74) is 7.47. The number of primary amides is 1. The minimum absolute atomic E-state index is 0.111. The third-order valence-corrected chi connectivity index (χ3v) is 5.94. The van der Waals surface area contributed by atoms with Crippen molar-refractivity contribution in [3.05, 3.63) is 45.8 Å². The molecule has 6 nitrogen and oxygen atoms in total. The van der Waals surface area contributed by atoms with Gasteiger partial charge in [0, 0.05) is 4.88 Å². The third-order valence-electron chi connectivity index (χ3n) is 4.56. The van der Waals surface area contributed by atoms with E-state index in [1.165, 1.54) is 18.4 Å². The van der Waals surface area contributed by atoms with E-state index in [0.717, 1.165) is 29.7 Å². The number of thiophene rings is 1. The highest BCUT2D eigenvalue weighted by Crippen LogP contribution is 2.39. The zero-order valence-electron chi connectivity index (χ0n) is 15.1. The van der Waals surface area contributed by atoms with Crippen molar-refractivity contribution in [3.8, 4) is 5.75 Å². The lowest BCUT2D eigenvalue weighted by molar-refractivity contribution is 0.0972. The quantitative estimate of drug-likeness (QED) is 0.682. The highest BCUT2D eigenvalue weighted by Gasteiger charge is 2.27. The maximum Gasteiger partial charge on any atom is 0.261 e. The number of ether oxygens (including phenoxy) is 1. The molecule has 0 radical (unpaired) electrons. The highest BCUT2D eigenvalue weighted by molar-refractivity contribution is 7.80. The zero-order chi connectivity index (χ0) is 19.6. The minimum atomic E-state index is -0.483. The van der Waals surface area contributed by atoms with Crippen LogP contribution in [-0.4, -0.2) is 24.0 Å². The molecule has 0 saturated heterocycles. The summed E-state index contributed by atoms with van der Waals surface area (Å²) in [5, 5.41) is 6.31. The van der Waals surface area contributed by atoms with E-state index in [4.69, 9.17) is 22.7 Å². The molecule has 0 saturated carbocycles. The van der Waals surface area contributed by atoms with Crippen LogP contribution in [0.1, 0.15) is 44.5 Å². The third kappa shape index (κ3) is 4.12. The number of carbonyl (C=O) groups is 2. The van der Waals surface area contributed by atoms with Gasteiger partial charge in [0.1, 0.15) is 10.8 Å². The Morgan fingerprint density at radius 2 is 2.07 bits per heavy atom. The molecule has 4 N–H and O–H groups in total. The van der Waals surface area contributed by atoms with Crippen molar-refractivity contribution < 1.29 is 14.3 Å². The smallest absolute Gasteiger partial charge is 0.261 e. The molecule has 0 unspecified atom stereocenters. The molecule has 0 fully saturated rings. The molecule has 3 rings (SSSR count). The predicted octanol–water partition coefficient (Wildman–Crippen LogP) is 3.11. The first-order valence-corrected chi connectivity index (χ1v) is 9.82. The van der Waals surface area contributed by atoms with Crippen LogP contribution in [-0.2, 0) is 12.8 Å². The molecule has 1 aromatic heterocycles. The van der Waals surface area contributed by atoms with E-state index in [9.17, 15) is 9.59 Å². The Hall–Kier alpha value is -2.45. The Bertz CT molecular complexity index is 908. The van der Waals surface area contributed by atoms with E-state index < -0.39 is 5.91 Å². The molecule has 8 heteroatoms. The number of fused-ring (bicyclic) bond motifs is 1. The van der Waals surface area contributed by atoms with Gasteiger partial charge in [-0.15, -0.1) is 11.3 Å². The van der Waals surface area contributed by atoms with Crippen molar-refractivity contribution >= 4 is 45.5 Å². The molecule has 1 aliphatic carbocycles. The summed E-state index contributed by atoms with van der Waals surface area (Å²) in [5.74, 6) is 0.155. The van der Waals surface area contributed by atoms with Crippen LogP contribution in [0.5, 0.6) is 5.75 Å². The molecule has 1 aliphatic rings. The normalized spacial score (nSPS) is 15.6. The number of thiocarbonyl (C=S) groups is 1. The average molecular weight is 404 g/mol. The Morgan fingerprint density at radius 3 is 2.78 bits per heavy atom. The fourth-order valence-corrected chi connectivity index (χ4v) is 4.92. The topological polar surface area (TPSA) is 93.4 Å². The lowest BCUT2D eigenvalue weighted by Crippen LogP contribution is -2.34. The summed E-state index contributed by atoms with van der Waals surface area (Å²) in [6, 6.07) is 6.87. The number of nitrogens with one attached hydrogen (secondary N) is 2. The van der Waals surface area contributed by atoms with Gasteiger partial charge in [-0.2, -0.15) is 0 Å². The van der Waals surface area contributed by atoms with E-state index >= 15 is 0 Å². The lowest BCUT2D eigenvalue weighted by Gasteiger charge is -2.18. The van der Waals surface area contributed by atoms with Crippen LogP contribution in [0.15, 0.2) is 24.3 Å². The van der Waals surface area contributed by atoms with Gasteiger partial charge in [-0.05, 0) is 55.1 Å². The Morgan fingerprint density at radius 1 is 1.33 bits per heavy atom. The number of methoxy groups -OCH3 is 1. The molecule has 2 amide bonds. The first kappa shape index (κ1) is 19.3. The molecular weight excluding hydrogens is 382 g/mol. The number of rotatable bonds is 4. The Labute approximate surface area is 167 Å². The summed E-state index contributed by atoms with van der Waals surface area (Å²) >= 11 is 6.75.